The molecule has 2 nitrogen and oxygen atoms in total. The zero-order valence-electron chi connectivity index (χ0n) is 12.3. The van der Waals surface area contributed by atoms with E-state index in [9.17, 15) is 4.79 Å². The van der Waals surface area contributed by atoms with Gasteiger partial charge in [-0.05, 0) is 60.6 Å². The van der Waals surface area contributed by atoms with Crippen molar-refractivity contribution < 1.29 is 4.79 Å². The van der Waals surface area contributed by atoms with Crippen molar-refractivity contribution in [1.82, 2.24) is 0 Å². The summed E-state index contributed by atoms with van der Waals surface area (Å²) in [5.74, 6) is 2.92. The Morgan fingerprint density at radius 3 is 2.62 bits per heavy atom. The summed E-state index contributed by atoms with van der Waals surface area (Å²) in [6, 6.07) is 6.63. The first kappa shape index (κ1) is 13.8. The van der Waals surface area contributed by atoms with Crippen molar-refractivity contribution in [3.8, 4) is 0 Å². The predicted molar refractivity (Wildman–Crippen MR) is 88.6 cm³/mol. The predicted octanol–water partition coefficient (Wildman–Crippen LogP) is 4.83. The maximum atomic E-state index is 11.6. The van der Waals surface area contributed by atoms with E-state index in [1.54, 1.807) is 0 Å². The molecule has 0 radical (unpaired) electrons. The van der Waals surface area contributed by atoms with Crippen molar-refractivity contribution >= 4 is 27.5 Å². The fraction of sp³-hybridized carbons (Fsp3) is 0.611. The van der Waals surface area contributed by atoms with E-state index in [1.807, 2.05) is 0 Å². The van der Waals surface area contributed by atoms with Crippen LogP contribution in [-0.2, 0) is 11.2 Å². The third-order valence-corrected chi connectivity index (χ3v) is 6.77. The van der Waals surface area contributed by atoms with Crippen LogP contribution in [0.2, 0.25) is 0 Å². The quantitative estimate of drug-likeness (QED) is 0.762. The van der Waals surface area contributed by atoms with Gasteiger partial charge < -0.3 is 5.32 Å². The lowest BCUT2D eigenvalue weighted by molar-refractivity contribution is -0.116. The molecule has 1 aromatic rings. The summed E-state index contributed by atoms with van der Waals surface area (Å²) in [5.41, 5.74) is 3.74. The van der Waals surface area contributed by atoms with E-state index in [0.717, 1.165) is 36.3 Å². The number of nitrogens with one attached hydrogen (secondary N) is 1. The molecular formula is C18H22BrNO. The van der Waals surface area contributed by atoms with Crippen molar-refractivity contribution in [1.29, 1.82) is 0 Å². The summed E-state index contributed by atoms with van der Waals surface area (Å²) in [5, 5.41) is 3.03. The minimum Gasteiger partial charge on any atom is -0.326 e. The summed E-state index contributed by atoms with van der Waals surface area (Å²) in [4.78, 5) is 12.1. The number of amides is 1. The molecule has 112 valence electrons. The zero-order chi connectivity index (χ0) is 14.4. The van der Waals surface area contributed by atoms with Crippen molar-refractivity contribution in [3.63, 3.8) is 0 Å². The maximum Gasteiger partial charge on any atom is 0.224 e. The lowest BCUT2D eigenvalue weighted by Crippen LogP contribution is -2.09. The molecule has 2 saturated carbocycles. The monoisotopic (exact) mass is 347 g/mol. The van der Waals surface area contributed by atoms with Gasteiger partial charge in [0.15, 0.2) is 0 Å². The van der Waals surface area contributed by atoms with Crippen LogP contribution in [0.3, 0.4) is 0 Å². The highest BCUT2D eigenvalue weighted by Gasteiger charge is 2.53. The molecule has 2 fully saturated rings. The molecule has 1 aliphatic heterocycles. The Kier molecular flexibility index (Phi) is 3.56. The molecule has 0 aromatic heterocycles. The molecule has 1 heterocycles. The summed E-state index contributed by atoms with van der Waals surface area (Å²) in [7, 11) is 0. The van der Waals surface area contributed by atoms with Gasteiger partial charge in [0.25, 0.3) is 0 Å². The number of alkyl halides is 1. The van der Waals surface area contributed by atoms with E-state index in [1.165, 1.54) is 36.8 Å². The van der Waals surface area contributed by atoms with E-state index in [-0.39, 0.29) is 5.91 Å². The number of anilines is 1. The fourth-order valence-corrected chi connectivity index (χ4v) is 5.54. The van der Waals surface area contributed by atoms with Crippen LogP contribution in [0.5, 0.6) is 0 Å². The molecule has 3 aliphatic rings. The van der Waals surface area contributed by atoms with Crippen LogP contribution in [0, 0.1) is 17.8 Å². The minimum atomic E-state index is 0.158. The standard InChI is InChI=1S/C18H22BrNO/c19-18(17-13-5-1-2-6-14(13)17)12-8-9-15-11(10-12)4-3-7-16(21)20-15/h8-10,13-14,17-18H,1-7H2,(H,20,21). The van der Waals surface area contributed by atoms with Crippen molar-refractivity contribution in [2.45, 2.75) is 49.8 Å². The van der Waals surface area contributed by atoms with Gasteiger partial charge in [-0.1, -0.05) is 40.9 Å². The number of benzene rings is 1. The summed E-state index contributed by atoms with van der Waals surface area (Å²) in [6.45, 7) is 0. The Balaban J connectivity index is 1.56. The first-order valence-electron chi connectivity index (χ1n) is 8.31. The summed E-state index contributed by atoms with van der Waals surface area (Å²) in [6.07, 6.45) is 8.33. The summed E-state index contributed by atoms with van der Waals surface area (Å²) < 4.78 is 0. The number of aryl methyl sites for hydroxylation is 1. The third kappa shape index (κ3) is 2.54. The number of rotatable bonds is 2. The molecule has 0 bridgehead atoms. The highest BCUT2D eigenvalue weighted by Crippen LogP contribution is 2.62. The molecule has 1 amide bonds. The van der Waals surface area contributed by atoms with Crippen molar-refractivity contribution in [3.05, 3.63) is 29.3 Å². The van der Waals surface area contributed by atoms with E-state index in [4.69, 9.17) is 0 Å². The van der Waals surface area contributed by atoms with Crippen molar-refractivity contribution in [2.24, 2.45) is 17.8 Å². The van der Waals surface area contributed by atoms with Gasteiger partial charge in [0, 0.05) is 16.9 Å². The second-order valence-electron chi connectivity index (χ2n) is 6.91. The number of carbonyl (C=O) groups excluding carboxylic acids is 1. The number of halogens is 1. The molecule has 21 heavy (non-hydrogen) atoms. The first-order valence-corrected chi connectivity index (χ1v) is 9.22. The molecule has 0 spiro atoms. The van der Waals surface area contributed by atoms with Gasteiger partial charge in [0.05, 0.1) is 0 Å². The Bertz CT molecular complexity index is 558. The molecule has 2 aliphatic carbocycles. The number of hydrogen-bond donors (Lipinski definition) is 1. The smallest absolute Gasteiger partial charge is 0.224 e. The van der Waals surface area contributed by atoms with Gasteiger partial charge in [-0.3, -0.25) is 4.79 Å². The van der Waals surface area contributed by atoms with Crippen LogP contribution in [0.15, 0.2) is 18.2 Å². The molecule has 3 heteroatoms. The van der Waals surface area contributed by atoms with E-state index in [0.29, 0.717) is 11.2 Å². The number of hydrogen-bond acceptors (Lipinski definition) is 1. The van der Waals surface area contributed by atoms with Gasteiger partial charge in [-0.15, -0.1) is 0 Å². The van der Waals surface area contributed by atoms with Gasteiger partial charge >= 0.3 is 0 Å². The highest BCUT2D eigenvalue weighted by atomic mass is 79.9. The van der Waals surface area contributed by atoms with Crippen LogP contribution >= 0.6 is 15.9 Å². The van der Waals surface area contributed by atoms with Gasteiger partial charge in [-0.2, -0.15) is 0 Å². The Hall–Kier alpha value is -0.830. The van der Waals surface area contributed by atoms with Crippen LogP contribution in [0.25, 0.3) is 0 Å². The van der Waals surface area contributed by atoms with Crippen LogP contribution < -0.4 is 5.32 Å². The maximum absolute atomic E-state index is 11.6. The van der Waals surface area contributed by atoms with Gasteiger partial charge in [0.1, 0.15) is 0 Å². The Morgan fingerprint density at radius 1 is 1.10 bits per heavy atom. The van der Waals surface area contributed by atoms with Crippen LogP contribution in [0.1, 0.15) is 54.5 Å². The lowest BCUT2D eigenvalue weighted by Gasteiger charge is -2.14. The lowest BCUT2D eigenvalue weighted by atomic mass is 10.00. The molecule has 0 saturated heterocycles. The summed E-state index contributed by atoms with van der Waals surface area (Å²) >= 11 is 3.97. The topological polar surface area (TPSA) is 29.1 Å². The molecule has 3 atom stereocenters. The number of carbonyl (C=O) groups is 1. The molecule has 1 aromatic carbocycles. The zero-order valence-corrected chi connectivity index (χ0v) is 13.9. The second kappa shape index (κ2) is 5.42. The molecule has 3 unspecified atom stereocenters. The number of fused-ring (bicyclic) bond motifs is 2. The average molecular weight is 348 g/mol. The average Bonchev–Trinajstić information content (AvgIpc) is 3.24. The highest BCUT2D eigenvalue weighted by molar-refractivity contribution is 9.09. The van der Waals surface area contributed by atoms with Crippen molar-refractivity contribution in [2.75, 3.05) is 5.32 Å². The first-order chi connectivity index (χ1) is 10.2. The fourth-order valence-electron chi connectivity index (χ4n) is 4.47. The van der Waals surface area contributed by atoms with Crippen LogP contribution in [-0.4, -0.2) is 5.91 Å². The third-order valence-electron chi connectivity index (χ3n) is 5.63. The molecule has 1 N–H and O–H groups in total. The van der Waals surface area contributed by atoms with Gasteiger partial charge in [0.2, 0.25) is 5.91 Å². The van der Waals surface area contributed by atoms with E-state index < -0.39 is 0 Å². The largest absolute Gasteiger partial charge is 0.326 e. The van der Waals surface area contributed by atoms with E-state index >= 15 is 0 Å². The van der Waals surface area contributed by atoms with Crippen LogP contribution in [0.4, 0.5) is 5.69 Å². The molecule has 4 rings (SSSR count). The minimum absolute atomic E-state index is 0.158. The Labute approximate surface area is 134 Å². The second-order valence-corrected chi connectivity index (χ2v) is 7.90. The normalized spacial score (nSPS) is 32.4. The van der Waals surface area contributed by atoms with Gasteiger partial charge in [-0.25, -0.2) is 0 Å². The van der Waals surface area contributed by atoms with E-state index in [2.05, 4.69) is 39.4 Å². The Morgan fingerprint density at radius 2 is 1.86 bits per heavy atom. The SMILES string of the molecule is O=C1CCCc2cc(C(Br)C3C4CCCCC43)ccc2N1. The molecular weight excluding hydrogens is 326 g/mol.